The maximum atomic E-state index is 10.7. The Labute approximate surface area is 121 Å². The van der Waals surface area contributed by atoms with Crippen LogP contribution in [0, 0.1) is 16.0 Å². The van der Waals surface area contributed by atoms with E-state index in [2.05, 4.69) is 10.3 Å². The van der Waals surface area contributed by atoms with E-state index in [0.717, 1.165) is 19.5 Å². The highest BCUT2D eigenvalue weighted by Gasteiger charge is 2.15. The van der Waals surface area contributed by atoms with Crippen LogP contribution in [0.4, 0.5) is 5.69 Å². The van der Waals surface area contributed by atoms with Crippen molar-refractivity contribution in [1.29, 1.82) is 0 Å². The summed E-state index contributed by atoms with van der Waals surface area (Å²) in [5.74, 6) is 0.629. The summed E-state index contributed by atoms with van der Waals surface area (Å²) in [7, 11) is 0. The van der Waals surface area contributed by atoms with Crippen LogP contribution >= 0.6 is 0 Å². The molecule has 7 heteroatoms. The molecular formula is C14H17N3O4. The summed E-state index contributed by atoms with van der Waals surface area (Å²) >= 11 is 0. The molecule has 0 bridgehead atoms. The Morgan fingerprint density at radius 1 is 1.52 bits per heavy atom. The fourth-order valence-corrected chi connectivity index (χ4v) is 2.55. The van der Waals surface area contributed by atoms with E-state index in [9.17, 15) is 10.1 Å². The highest BCUT2D eigenvalue weighted by molar-refractivity contribution is 5.75. The topological polar surface area (TPSA) is 90.4 Å². The standard InChI is InChI=1S/C14H17N3O4/c18-17(19)11-3-4-13-12(8-11)16-14(21-13)20-7-5-10-2-1-6-15-9-10/h3-4,8,10,15H,1-2,5-7,9H2/t10-/m0/s1. The van der Waals surface area contributed by atoms with Crippen LogP contribution in [0.25, 0.3) is 11.1 Å². The Morgan fingerprint density at radius 3 is 3.19 bits per heavy atom. The second-order valence-electron chi connectivity index (χ2n) is 5.24. The molecule has 1 N–H and O–H groups in total. The van der Waals surface area contributed by atoms with E-state index in [4.69, 9.17) is 9.15 Å². The fourth-order valence-electron chi connectivity index (χ4n) is 2.55. The van der Waals surface area contributed by atoms with Crippen LogP contribution in [0.1, 0.15) is 19.3 Å². The summed E-state index contributed by atoms with van der Waals surface area (Å²) in [6.45, 7) is 2.67. The molecule has 3 rings (SSSR count). The van der Waals surface area contributed by atoms with Gasteiger partial charge in [-0.05, 0) is 44.3 Å². The zero-order valence-electron chi connectivity index (χ0n) is 11.6. The van der Waals surface area contributed by atoms with Crippen molar-refractivity contribution in [2.75, 3.05) is 19.7 Å². The fraction of sp³-hybridized carbons (Fsp3) is 0.500. The summed E-state index contributed by atoms with van der Waals surface area (Å²) in [5.41, 5.74) is 0.934. The number of nitrogens with zero attached hydrogens (tertiary/aromatic N) is 2. The summed E-state index contributed by atoms with van der Waals surface area (Å²) in [6.07, 6.45) is 3.55. The maximum absolute atomic E-state index is 10.7. The Morgan fingerprint density at radius 2 is 2.43 bits per heavy atom. The van der Waals surface area contributed by atoms with E-state index in [0.29, 0.717) is 23.6 Å². The molecule has 2 heterocycles. The van der Waals surface area contributed by atoms with Gasteiger partial charge in [-0.1, -0.05) is 0 Å². The number of ether oxygens (including phenoxy) is 1. The maximum Gasteiger partial charge on any atom is 0.394 e. The molecule has 7 nitrogen and oxygen atoms in total. The quantitative estimate of drug-likeness (QED) is 0.672. The molecule has 1 aliphatic rings. The van der Waals surface area contributed by atoms with Crippen molar-refractivity contribution in [3.8, 4) is 6.08 Å². The number of hydrogen-bond acceptors (Lipinski definition) is 6. The van der Waals surface area contributed by atoms with Crippen LogP contribution in [0.3, 0.4) is 0 Å². The number of rotatable bonds is 5. The van der Waals surface area contributed by atoms with Crippen LogP contribution in [-0.2, 0) is 0 Å². The largest absolute Gasteiger partial charge is 0.450 e. The van der Waals surface area contributed by atoms with Crippen molar-refractivity contribution < 1.29 is 14.1 Å². The molecular weight excluding hydrogens is 274 g/mol. The van der Waals surface area contributed by atoms with Gasteiger partial charge in [0.15, 0.2) is 5.58 Å². The molecule has 1 aromatic carbocycles. The van der Waals surface area contributed by atoms with E-state index >= 15 is 0 Å². The first-order valence-corrected chi connectivity index (χ1v) is 7.11. The lowest BCUT2D eigenvalue weighted by molar-refractivity contribution is -0.384. The van der Waals surface area contributed by atoms with Gasteiger partial charge in [-0.15, -0.1) is 0 Å². The summed E-state index contributed by atoms with van der Waals surface area (Å²) in [5, 5.41) is 14.1. The molecule has 1 aromatic heterocycles. The Balaban J connectivity index is 1.60. The molecule has 2 aromatic rings. The van der Waals surface area contributed by atoms with Gasteiger partial charge in [-0.2, -0.15) is 4.98 Å². The van der Waals surface area contributed by atoms with Gasteiger partial charge in [0, 0.05) is 12.1 Å². The number of aromatic nitrogens is 1. The number of nitrogens with one attached hydrogen (secondary N) is 1. The lowest BCUT2D eigenvalue weighted by Gasteiger charge is -2.22. The molecule has 1 saturated heterocycles. The van der Waals surface area contributed by atoms with Gasteiger partial charge >= 0.3 is 6.08 Å². The van der Waals surface area contributed by atoms with Crippen LogP contribution < -0.4 is 10.1 Å². The molecule has 0 saturated carbocycles. The third-order valence-electron chi connectivity index (χ3n) is 3.71. The lowest BCUT2D eigenvalue weighted by Crippen LogP contribution is -2.30. The number of fused-ring (bicyclic) bond motifs is 1. The first-order valence-electron chi connectivity index (χ1n) is 7.11. The SMILES string of the molecule is O=[N+]([O-])c1ccc2oc(OCC[C@@H]3CCCNC3)nc2c1. The van der Waals surface area contributed by atoms with E-state index < -0.39 is 4.92 Å². The first-order chi connectivity index (χ1) is 10.2. The van der Waals surface area contributed by atoms with Gasteiger partial charge in [0.05, 0.1) is 11.5 Å². The molecule has 1 aliphatic heterocycles. The normalized spacial score (nSPS) is 18.8. The number of nitro groups is 1. The van der Waals surface area contributed by atoms with Gasteiger partial charge in [0.25, 0.3) is 5.69 Å². The highest BCUT2D eigenvalue weighted by Crippen LogP contribution is 2.25. The predicted molar refractivity (Wildman–Crippen MR) is 76.4 cm³/mol. The van der Waals surface area contributed by atoms with Gasteiger partial charge in [0.2, 0.25) is 0 Å². The monoisotopic (exact) mass is 291 g/mol. The minimum Gasteiger partial charge on any atom is -0.450 e. The Bertz CT molecular complexity index is 634. The van der Waals surface area contributed by atoms with Crippen molar-refractivity contribution >= 4 is 16.8 Å². The number of nitro benzene ring substituents is 1. The number of oxazole rings is 1. The van der Waals surface area contributed by atoms with Crippen LogP contribution in [0.2, 0.25) is 0 Å². The molecule has 0 unspecified atom stereocenters. The van der Waals surface area contributed by atoms with Crippen molar-refractivity contribution in [2.24, 2.45) is 5.92 Å². The lowest BCUT2D eigenvalue weighted by atomic mass is 9.97. The zero-order valence-corrected chi connectivity index (χ0v) is 11.6. The van der Waals surface area contributed by atoms with Gasteiger partial charge < -0.3 is 14.5 Å². The smallest absolute Gasteiger partial charge is 0.394 e. The molecule has 21 heavy (non-hydrogen) atoms. The van der Waals surface area contributed by atoms with E-state index in [1.165, 1.54) is 25.0 Å². The Kier molecular flexibility index (Phi) is 4.01. The second kappa shape index (κ2) is 6.09. The number of hydrogen-bond donors (Lipinski definition) is 1. The number of benzene rings is 1. The molecule has 1 fully saturated rings. The molecule has 0 radical (unpaired) electrons. The van der Waals surface area contributed by atoms with Gasteiger partial charge in [-0.25, -0.2) is 0 Å². The van der Waals surface area contributed by atoms with E-state index in [-0.39, 0.29) is 11.8 Å². The van der Waals surface area contributed by atoms with Crippen molar-refractivity contribution in [3.05, 3.63) is 28.3 Å². The van der Waals surface area contributed by atoms with E-state index in [1.54, 1.807) is 6.07 Å². The first kappa shape index (κ1) is 13.8. The molecule has 112 valence electrons. The molecule has 0 aliphatic carbocycles. The van der Waals surface area contributed by atoms with Crippen molar-refractivity contribution in [3.63, 3.8) is 0 Å². The second-order valence-corrected chi connectivity index (χ2v) is 5.24. The summed E-state index contributed by atoms with van der Waals surface area (Å²) in [6, 6.07) is 4.32. The molecule has 1 atom stereocenters. The number of non-ortho nitro benzene ring substituents is 1. The van der Waals surface area contributed by atoms with Crippen LogP contribution in [-0.4, -0.2) is 29.6 Å². The average molecular weight is 291 g/mol. The summed E-state index contributed by atoms with van der Waals surface area (Å²) in [4.78, 5) is 14.4. The minimum atomic E-state index is -0.454. The zero-order chi connectivity index (χ0) is 14.7. The van der Waals surface area contributed by atoms with Crippen molar-refractivity contribution in [1.82, 2.24) is 10.3 Å². The summed E-state index contributed by atoms with van der Waals surface area (Å²) < 4.78 is 10.9. The van der Waals surface area contributed by atoms with Gasteiger partial charge in [0.1, 0.15) is 5.52 Å². The minimum absolute atomic E-state index is 0.00405. The third-order valence-corrected chi connectivity index (χ3v) is 3.71. The predicted octanol–water partition coefficient (Wildman–Crippen LogP) is 2.50. The van der Waals surface area contributed by atoms with Crippen LogP contribution in [0.5, 0.6) is 6.08 Å². The van der Waals surface area contributed by atoms with Crippen LogP contribution in [0.15, 0.2) is 22.6 Å². The third kappa shape index (κ3) is 3.30. The Hall–Kier alpha value is -2.15. The molecule has 0 spiro atoms. The van der Waals surface area contributed by atoms with E-state index in [1.807, 2.05) is 0 Å². The van der Waals surface area contributed by atoms with Crippen molar-refractivity contribution in [2.45, 2.75) is 19.3 Å². The molecule has 0 amide bonds. The highest BCUT2D eigenvalue weighted by atomic mass is 16.6. The average Bonchev–Trinajstić information content (AvgIpc) is 2.90. The van der Waals surface area contributed by atoms with Gasteiger partial charge in [-0.3, -0.25) is 10.1 Å². The number of piperidine rings is 1.